The molecule has 2 N–H and O–H groups in total. The molecule has 0 aliphatic heterocycles. The first-order valence-corrected chi connectivity index (χ1v) is 9.04. The second-order valence-electron chi connectivity index (χ2n) is 7.37. The van der Waals surface area contributed by atoms with Gasteiger partial charge in [-0.1, -0.05) is 24.3 Å². The van der Waals surface area contributed by atoms with E-state index in [4.69, 9.17) is 5.73 Å². The Hall–Kier alpha value is -1.15. The van der Waals surface area contributed by atoms with Gasteiger partial charge in [-0.15, -0.1) is 0 Å². The van der Waals surface area contributed by atoms with Crippen LogP contribution in [0.1, 0.15) is 68.4 Å². The van der Waals surface area contributed by atoms with Crippen LogP contribution in [0.5, 0.6) is 0 Å². The highest BCUT2D eigenvalue weighted by Crippen LogP contribution is 2.43. The third-order valence-corrected chi connectivity index (χ3v) is 6.13. The molecule has 22 heavy (non-hydrogen) atoms. The average Bonchev–Trinajstić information content (AvgIpc) is 2.62. The van der Waals surface area contributed by atoms with Gasteiger partial charge in [0, 0.05) is 12.5 Å². The highest BCUT2D eigenvalue weighted by atomic mass is 16.1. The maximum atomic E-state index is 10.9. The van der Waals surface area contributed by atoms with E-state index in [-0.39, 0.29) is 0 Å². The lowest BCUT2D eigenvalue weighted by molar-refractivity contribution is -0.112. The molecule has 2 nitrogen and oxygen atoms in total. The number of hydrogen-bond donors (Lipinski definition) is 1. The first-order chi connectivity index (χ1) is 10.8. The lowest BCUT2D eigenvalue weighted by atomic mass is 9.68. The summed E-state index contributed by atoms with van der Waals surface area (Å²) in [5, 5.41) is 0. The third-order valence-electron chi connectivity index (χ3n) is 6.13. The molecular weight excluding hydrogens is 270 g/mol. The Morgan fingerprint density at radius 1 is 0.864 bits per heavy atom. The van der Waals surface area contributed by atoms with Crippen LogP contribution in [0.2, 0.25) is 0 Å². The highest BCUT2D eigenvalue weighted by Gasteiger charge is 2.31. The van der Waals surface area contributed by atoms with Crippen molar-refractivity contribution in [1.82, 2.24) is 0 Å². The maximum Gasteiger partial charge on any atom is 0.123 e. The van der Waals surface area contributed by atoms with E-state index in [1.807, 2.05) is 0 Å². The van der Waals surface area contributed by atoms with Gasteiger partial charge < -0.3 is 10.5 Å². The van der Waals surface area contributed by atoms with Crippen LogP contribution in [0.3, 0.4) is 0 Å². The van der Waals surface area contributed by atoms with E-state index in [0.29, 0.717) is 12.5 Å². The summed E-state index contributed by atoms with van der Waals surface area (Å²) in [6.45, 7) is 0.635. The Morgan fingerprint density at radius 2 is 1.41 bits per heavy atom. The summed E-state index contributed by atoms with van der Waals surface area (Å²) in [6, 6.07) is 8.93. The van der Waals surface area contributed by atoms with Gasteiger partial charge in [0.25, 0.3) is 0 Å². The molecule has 0 atom stereocenters. The smallest absolute Gasteiger partial charge is 0.123 e. The van der Waals surface area contributed by atoms with E-state index in [0.717, 1.165) is 30.6 Å². The van der Waals surface area contributed by atoms with Gasteiger partial charge in [-0.3, -0.25) is 0 Å². The average molecular weight is 299 g/mol. The van der Waals surface area contributed by atoms with E-state index in [1.54, 1.807) is 0 Å². The molecule has 0 heterocycles. The largest absolute Gasteiger partial charge is 0.326 e. The summed E-state index contributed by atoms with van der Waals surface area (Å²) in [7, 11) is 0. The minimum absolute atomic E-state index is 0.355. The van der Waals surface area contributed by atoms with Crippen LogP contribution >= 0.6 is 0 Å². The molecule has 120 valence electrons. The van der Waals surface area contributed by atoms with E-state index in [9.17, 15) is 4.79 Å². The van der Waals surface area contributed by atoms with Gasteiger partial charge >= 0.3 is 0 Å². The summed E-state index contributed by atoms with van der Waals surface area (Å²) >= 11 is 0. The molecule has 1 aromatic carbocycles. The molecule has 2 aliphatic carbocycles. The van der Waals surface area contributed by atoms with Crippen LogP contribution in [0.25, 0.3) is 0 Å². The van der Waals surface area contributed by atoms with E-state index in [1.165, 1.54) is 55.9 Å². The van der Waals surface area contributed by atoms with Crippen LogP contribution in [-0.4, -0.2) is 6.29 Å². The van der Waals surface area contributed by atoms with Crippen molar-refractivity contribution in [1.29, 1.82) is 0 Å². The molecule has 0 amide bonds. The second kappa shape index (κ2) is 7.41. The van der Waals surface area contributed by atoms with Crippen molar-refractivity contribution in [2.24, 2.45) is 23.5 Å². The molecule has 2 heteroatoms. The Labute approximate surface area is 134 Å². The predicted octanol–water partition coefficient (Wildman–Crippen LogP) is 4.42. The molecule has 2 fully saturated rings. The van der Waals surface area contributed by atoms with Crippen LogP contribution in [0.4, 0.5) is 0 Å². The first kappa shape index (κ1) is 15.7. The molecule has 2 saturated carbocycles. The second-order valence-corrected chi connectivity index (χ2v) is 7.37. The Morgan fingerprint density at radius 3 is 1.91 bits per heavy atom. The van der Waals surface area contributed by atoms with Crippen LogP contribution < -0.4 is 5.73 Å². The highest BCUT2D eigenvalue weighted by molar-refractivity contribution is 5.53. The fourth-order valence-corrected chi connectivity index (χ4v) is 4.60. The number of rotatable bonds is 4. The van der Waals surface area contributed by atoms with Crippen LogP contribution in [-0.2, 0) is 11.3 Å². The number of nitrogens with two attached hydrogens (primary N) is 1. The SMILES string of the molecule is NCc1ccc(C2CCC(C3CCC(C=O)CC3)CC2)cc1. The molecule has 0 spiro atoms. The predicted molar refractivity (Wildman–Crippen MR) is 90.5 cm³/mol. The number of aldehydes is 1. The molecule has 1 aromatic rings. The van der Waals surface area contributed by atoms with E-state index >= 15 is 0 Å². The van der Waals surface area contributed by atoms with Crippen molar-refractivity contribution in [2.45, 2.75) is 63.8 Å². The monoisotopic (exact) mass is 299 g/mol. The van der Waals surface area contributed by atoms with Gasteiger partial charge in [-0.2, -0.15) is 0 Å². The topological polar surface area (TPSA) is 43.1 Å². The number of carbonyl (C=O) groups excluding carboxylic acids is 1. The fraction of sp³-hybridized carbons (Fsp3) is 0.650. The van der Waals surface area contributed by atoms with E-state index in [2.05, 4.69) is 24.3 Å². The minimum Gasteiger partial charge on any atom is -0.326 e. The summed E-state index contributed by atoms with van der Waals surface area (Å²) in [4.78, 5) is 10.9. The van der Waals surface area contributed by atoms with Crippen LogP contribution in [0, 0.1) is 17.8 Å². The normalized spacial score (nSPS) is 32.6. The van der Waals surface area contributed by atoms with Crippen molar-refractivity contribution in [3.8, 4) is 0 Å². The van der Waals surface area contributed by atoms with Crippen molar-refractivity contribution >= 4 is 6.29 Å². The van der Waals surface area contributed by atoms with Gasteiger partial charge in [0.05, 0.1) is 0 Å². The quantitative estimate of drug-likeness (QED) is 0.836. The van der Waals surface area contributed by atoms with Gasteiger partial charge in [0.15, 0.2) is 0 Å². The zero-order valence-electron chi connectivity index (χ0n) is 13.5. The molecule has 0 aromatic heterocycles. The Kier molecular flexibility index (Phi) is 5.30. The lowest BCUT2D eigenvalue weighted by Crippen LogP contribution is -2.25. The molecule has 0 radical (unpaired) electrons. The molecule has 2 aliphatic rings. The zero-order chi connectivity index (χ0) is 15.4. The molecule has 0 saturated heterocycles. The molecule has 0 unspecified atom stereocenters. The van der Waals surface area contributed by atoms with Gasteiger partial charge in [0.2, 0.25) is 0 Å². The summed E-state index contributed by atoms with van der Waals surface area (Å²) in [5.41, 5.74) is 8.40. The van der Waals surface area contributed by atoms with Gasteiger partial charge in [-0.05, 0) is 80.2 Å². The Bertz CT molecular complexity index is 465. The van der Waals surface area contributed by atoms with E-state index < -0.39 is 0 Å². The van der Waals surface area contributed by atoms with Crippen molar-refractivity contribution in [3.63, 3.8) is 0 Å². The standard InChI is InChI=1S/C20H29NO/c21-13-15-1-5-17(6-2-15)19-9-11-20(12-10-19)18-7-3-16(14-22)4-8-18/h1-2,5-6,14,16,18-20H,3-4,7-13,21H2. The number of benzene rings is 1. The fourth-order valence-electron chi connectivity index (χ4n) is 4.60. The molecule has 0 bridgehead atoms. The third kappa shape index (κ3) is 3.60. The van der Waals surface area contributed by atoms with Crippen molar-refractivity contribution in [3.05, 3.63) is 35.4 Å². The lowest BCUT2D eigenvalue weighted by Gasteiger charge is -2.37. The number of carbonyl (C=O) groups is 1. The van der Waals surface area contributed by atoms with Crippen molar-refractivity contribution < 1.29 is 4.79 Å². The zero-order valence-corrected chi connectivity index (χ0v) is 13.5. The molecular formula is C20H29NO. The van der Waals surface area contributed by atoms with Crippen LogP contribution in [0.15, 0.2) is 24.3 Å². The Balaban J connectivity index is 1.50. The number of hydrogen-bond acceptors (Lipinski definition) is 2. The molecule has 3 rings (SSSR count). The first-order valence-electron chi connectivity index (χ1n) is 9.04. The summed E-state index contributed by atoms with van der Waals surface area (Å²) in [5.74, 6) is 2.90. The summed E-state index contributed by atoms with van der Waals surface area (Å²) < 4.78 is 0. The van der Waals surface area contributed by atoms with Gasteiger partial charge in [0.1, 0.15) is 6.29 Å². The van der Waals surface area contributed by atoms with Gasteiger partial charge in [-0.25, -0.2) is 0 Å². The summed E-state index contributed by atoms with van der Waals surface area (Å²) in [6.07, 6.45) is 11.4. The minimum atomic E-state index is 0.355. The maximum absolute atomic E-state index is 10.9. The van der Waals surface area contributed by atoms with Crippen molar-refractivity contribution in [2.75, 3.05) is 0 Å².